The third kappa shape index (κ3) is 2.69. The standard InChI is InChI=1S/C18H20N2O/c1-3-18-19-16-6-4-5-7-17(16)20(18)15-10-8-14(9-11-15)12-13(2)21/h4-11,13,21H,3,12H2,1-2H3. The molecule has 3 heteroatoms. The highest BCUT2D eigenvalue weighted by Gasteiger charge is 2.10. The molecule has 3 nitrogen and oxygen atoms in total. The molecular formula is C18H20N2O. The minimum Gasteiger partial charge on any atom is -0.393 e. The summed E-state index contributed by atoms with van der Waals surface area (Å²) < 4.78 is 2.21. The predicted octanol–water partition coefficient (Wildman–Crippen LogP) is 3.51. The quantitative estimate of drug-likeness (QED) is 0.794. The van der Waals surface area contributed by atoms with Crippen molar-refractivity contribution in [3.05, 3.63) is 59.9 Å². The van der Waals surface area contributed by atoms with Crippen LogP contribution in [0.3, 0.4) is 0 Å². The Morgan fingerprint density at radius 2 is 1.81 bits per heavy atom. The van der Waals surface area contributed by atoms with Gasteiger partial charge < -0.3 is 5.11 Å². The zero-order valence-corrected chi connectivity index (χ0v) is 12.5. The molecule has 0 aliphatic rings. The average Bonchev–Trinajstić information content (AvgIpc) is 2.86. The number of aliphatic hydroxyl groups excluding tert-OH is 1. The van der Waals surface area contributed by atoms with Gasteiger partial charge in [-0.15, -0.1) is 0 Å². The Morgan fingerprint density at radius 1 is 1.10 bits per heavy atom. The van der Waals surface area contributed by atoms with Gasteiger partial charge in [0.05, 0.1) is 17.1 Å². The molecule has 1 heterocycles. The lowest BCUT2D eigenvalue weighted by Crippen LogP contribution is -2.05. The number of rotatable bonds is 4. The summed E-state index contributed by atoms with van der Waals surface area (Å²) in [5.74, 6) is 1.07. The molecular weight excluding hydrogens is 260 g/mol. The van der Waals surface area contributed by atoms with Crippen molar-refractivity contribution in [1.82, 2.24) is 9.55 Å². The van der Waals surface area contributed by atoms with E-state index in [1.54, 1.807) is 0 Å². The fourth-order valence-corrected chi connectivity index (χ4v) is 2.72. The van der Waals surface area contributed by atoms with E-state index in [1.165, 1.54) is 0 Å². The van der Waals surface area contributed by atoms with Crippen molar-refractivity contribution in [3.63, 3.8) is 0 Å². The molecule has 1 N–H and O–H groups in total. The molecule has 108 valence electrons. The number of aromatic nitrogens is 2. The SMILES string of the molecule is CCc1nc2ccccc2n1-c1ccc(CC(C)O)cc1. The molecule has 1 atom stereocenters. The van der Waals surface area contributed by atoms with E-state index in [-0.39, 0.29) is 6.10 Å². The Labute approximate surface area is 124 Å². The summed E-state index contributed by atoms with van der Waals surface area (Å²) in [5, 5.41) is 9.47. The van der Waals surface area contributed by atoms with E-state index >= 15 is 0 Å². The third-order valence-corrected chi connectivity index (χ3v) is 3.67. The van der Waals surface area contributed by atoms with Crippen LogP contribution in [0.1, 0.15) is 25.2 Å². The van der Waals surface area contributed by atoms with Crippen LogP contribution in [0.4, 0.5) is 0 Å². The molecule has 0 saturated heterocycles. The topological polar surface area (TPSA) is 38.0 Å². The van der Waals surface area contributed by atoms with Crippen LogP contribution in [0.2, 0.25) is 0 Å². The normalized spacial score (nSPS) is 12.7. The lowest BCUT2D eigenvalue weighted by atomic mass is 10.1. The fourth-order valence-electron chi connectivity index (χ4n) is 2.72. The number of hydrogen-bond acceptors (Lipinski definition) is 2. The van der Waals surface area contributed by atoms with E-state index in [2.05, 4.69) is 41.8 Å². The van der Waals surface area contributed by atoms with Crippen LogP contribution in [0.15, 0.2) is 48.5 Å². The van der Waals surface area contributed by atoms with Crippen molar-refractivity contribution < 1.29 is 5.11 Å². The first-order valence-corrected chi connectivity index (χ1v) is 7.42. The fraction of sp³-hybridized carbons (Fsp3) is 0.278. The van der Waals surface area contributed by atoms with Gasteiger partial charge >= 0.3 is 0 Å². The van der Waals surface area contributed by atoms with Crippen LogP contribution < -0.4 is 0 Å². The van der Waals surface area contributed by atoms with Gasteiger partial charge in [-0.2, -0.15) is 0 Å². The van der Waals surface area contributed by atoms with Crippen LogP contribution in [0.5, 0.6) is 0 Å². The zero-order valence-electron chi connectivity index (χ0n) is 12.5. The maximum atomic E-state index is 9.47. The molecule has 0 radical (unpaired) electrons. The lowest BCUT2D eigenvalue weighted by Gasteiger charge is -2.10. The molecule has 0 fully saturated rings. The molecule has 0 bridgehead atoms. The Morgan fingerprint density at radius 3 is 2.48 bits per heavy atom. The second-order valence-corrected chi connectivity index (χ2v) is 5.43. The van der Waals surface area contributed by atoms with Gasteiger partial charge in [-0.05, 0) is 43.2 Å². The van der Waals surface area contributed by atoms with Gasteiger partial charge in [-0.1, -0.05) is 31.2 Å². The van der Waals surface area contributed by atoms with Crippen LogP contribution in [-0.4, -0.2) is 20.8 Å². The molecule has 3 rings (SSSR count). The second-order valence-electron chi connectivity index (χ2n) is 5.43. The maximum absolute atomic E-state index is 9.47. The molecule has 2 aromatic carbocycles. The van der Waals surface area contributed by atoms with E-state index in [0.717, 1.165) is 34.5 Å². The van der Waals surface area contributed by atoms with E-state index in [0.29, 0.717) is 6.42 Å². The first-order chi connectivity index (χ1) is 10.2. The maximum Gasteiger partial charge on any atom is 0.114 e. The van der Waals surface area contributed by atoms with Crippen molar-refractivity contribution >= 4 is 11.0 Å². The third-order valence-electron chi connectivity index (χ3n) is 3.67. The van der Waals surface area contributed by atoms with Crippen LogP contribution in [0.25, 0.3) is 16.7 Å². The number of aliphatic hydroxyl groups is 1. The predicted molar refractivity (Wildman–Crippen MR) is 85.8 cm³/mol. The number of benzene rings is 2. The summed E-state index contributed by atoms with van der Waals surface area (Å²) in [6, 6.07) is 16.6. The zero-order chi connectivity index (χ0) is 14.8. The first kappa shape index (κ1) is 13.8. The monoisotopic (exact) mass is 280 g/mol. The van der Waals surface area contributed by atoms with E-state index in [4.69, 9.17) is 4.98 Å². The van der Waals surface area contributed by atoms with Gasteiger partial charge in [0, 0.05) is 12.1 Å². The molecule has 0 spiro atoms. The van der Waals surface area contributed by atoms with E-state index in [9.17, 15) is 5.11 Å². The van der Waals surface area contributed by atoms with Crippen molar-refractivity contribution in [2.24, 2.45) is 0 Å². The molecule has 1 aromatic heterocycles. The second kappa shape index (κ2) is 5.70. The summed E-state index contributed by atoms with van der Waals surface area (Å²) in [6.07, 6.45) is 1.27. The van der Waals surface area contributed by atoms with Crippen LogP contribution in [0, 0.1) is 0 Å². The van der Waals surface area contributed by atoms with Gasteiger partial charge in [0.2, 0.25) is 0 Å². The lowest BCUT2D eigenvalue weighted by molar-refractivity contribution is 0.195. The number of aryl methyl sites for hydroxylation is 1. The Balaban J connectivity index is 2.07. The van der Waals surface area contributed by atoms with Gasteiger partial charge in [0.1, 0.15) is 5.82 Å². The van der Waals surface area contributed by atoms with E-state index < -0.39 is 0 Å². The van der Waals surface area contributed by atoms with Crippen LogP contribution >= 0.6 is 0 Å². The molecule has 0 amide bonds. The molecule has 1 unspecified atom stereocenters. The number of nitrogens with zero attached hydrogens (tertiary/aromatic N) is 2. The molecule has 0 aliphatic carbocycles. The smallest absolute Gasteiger partial charge is 0.114 e. The largest absolute Gasteiger partial charge is 0.393 e. The summed E-state index contributed by atoms with van der Waals surface area (Å²) in [7, 11) is 0. The minimum atomic E-state index is -0.309. The van der Waals surface area contributed by atoms with Gasteiger partial charge in [-0.25, -0.2) is 4.98 Å². The highest BCUT2D eigenvalue weighted by atomic mass is 16.3. The van der Waals surface area contributed by atoms with Crippen LogP contribution in [-0.2, 0) is 12.8 Å². The number of para-hydroxylation sites is 2. The number of imidazole rings is 1. The summed E-state index contributed by atoms with van der Waals surface area (Å²) in [4.78, 5) is 4.70. The number of fused-ring (bicyclic) bond motifs is 1. The van der Waals surface area contributed by atoms with Gasteiger partial charge in [0.25, 0.3) is 0 Å². The Hall–Kier alpha value is -2.13. The average molecular weight is 280 g/mol. The molecule has 21 heavy (non-hydrogen) atoms. The highest BCUT2D eigenvalue weighted by Crippen LogP contribution is 2.22. The van der Waals surface area contributed by atoms with Gasteiger partial charge in [-0.3, -0.25) is 4.57 Å². The molecule has 3 aromatic rings. The molecule has 0 saturated carbocycles. The Bertz CT molecular complexity index is 742. The van der Waals surface area contributed by atoms with Crippen molar-refractivity contribution in [2.75, 3.05) is 0 Å². The van der Waals surface area contributed by atoms with Crippen molar-refractivity contribution in [1.29, 1.82) is 0 Å². The Kier molecular flexibility index (Phi) is 3.76. The summed E-state index contributed by atoms with van der Waals surface area (Å²) in [5.41, 5.74) is 4.44. The first-order valence-electron chi connectivity index (χ1n) is 7.42. The molecule has 0 aliphatic heterocycles. The summed E-state index contributed by atoms with van der Waals surface area (Å²) >= 11 is 0. The summed E-state index contributed by atoms with van der Waals surface area (Å²) in [6.45, 7) is 3.94. The van der Waals surface area contributed by atoms with E-state index in [1.807, 2.05) is 25.1 Å². The van der Waals surface area contributed by atoms with Gasteiger partial charge in [0.15, 0.2) is 0 Å². The van der Waals surface area contributed by atoms with Crippen molar-refractivity contribution in [3.8, 4) is 5.69 Å². The number of hydrogen-bond donors (Lipinski definition) is 1. The minimum absolute atomic E-state index is 0.309. The van der Waals surface area contributed by atoms with Crippen molar-refractivity contribution in [2.45, 2.75) is 32.8 Å². The highest BCUT2D eigenvalue weighted by molar-refractivity contribution is 5.78.